The van der Waals surface area contributed by atoms with E-state index in [1.165, 1.54) is 6.92 Å². The molecule has 0 aromatic carbocycles. The van der Waals surface area contributed by atoms with Gasteiger partial charge in [-0.15, -0.1) is 0 Å². The molecule has 0 fully saturated rings. The van der Waals surface area contributed by atoms with Crippen LogP contribution in [0.1, 0.15) is 40.0 Å². The van der Waals surface area contributed by atoms with Crippen LogP contribution in [0.15, 0.2) is 0 Å². The summed E-state index contributed by atoms with van der Waals surface area (Å²) >= 11 is 0. The van der Waals surface area contributed by atoms with E-state index < -0.39 is 12.1 Å². The lowest BCUT2D eigenvalue weighted by Crippen LogP contribution is -2.49. The molecule has 1 amide bonds. The SMILES string of the molecule is CC(=O)[C@H](CCCCN)NC(=O)[C@@H](N)C(C)C. The van der Waals surface area contributed by atoms with Crippen LogP contribution >= 0.6 is 0 Å². The molecule has 0 saturated carbocycles. The average Bonchev–Trinajstić information content (AvgIpc) is 2.26. The predicted octanol–water partition coefficient (Wildman–Crippen LogP) is 0.173. The van der Waals surface area contributed by atoms with Gasteiger partial charge in [0.15, 0.2) is 5.78 Å². The number of Topliss-reactive ketones (excluding diaryl/α,β-unsaturated/α-hetero) is 1. The van der Waals surface area contributed by atoms with Gasteiger partial charge < -0.3 is 16.8 Å². The van der Waals surface area contributed by atoms with Crippen LogP contribution in [0.3, 0.4) is 0 Å². The Kier molecular flexibility index (Phi) is 7.74. The molecule has 5 N–H and O–H groups in total. The molecule has 0 unspecified atom stereocenters. The summed E-state index contributed by atoms with van der Waals surface area (Å²) in [5.74, 6) is -0.231. The van der Waals surface area contributed by atoms with Crippen LogP contribution in [0.2, 0.25) is 0 Å². The Hall–Kier alpha value is -0.940. The third-order valence-electron chi connectivity index (χ3n) is 2.78. The first-order valence-electron chi connectivity index (χ1n) is 6.16. The monoisotopic (exact) mass is 243 g/mol. The van der Waals surface area contributed by atoms with E-state index in [2.05, 4.69) is 5.32 Å². The molecular formula is C12H25N3O2. The Morgan fingerprint density at radius 1 is 1.24 bits per heavy atom. The Bertz CT molecular complexity index is 254. The third-order valence-corrected chi connectivity index (χ3v) is 2.78. The predicted molar refractivity (Wildman–Crippen MR) is 68.3 cm³/mol. The molecule has 0 aliphatic heterocycles. The topological polar surface area (TPSA) is 98.2 Å². The van der Waals surface area contributed by atoms with Gasteiger partial charge in [0, 0.05) is 0 Å². The summed E-state index contributed by atoms with van der Waals surface area (Å²) in [6.07, 6.45) is 2.32. The van der Waals surface area contributed by atoms with Gasteiger partial charge in [0.1, 0.15) is 0 Å². The van der Waals surface area contributed by atoms with Gasteiger partial charge in [0.2, 0.25) is 5.91 Å². The summed E-state index contributed by atoms with van der Waals surface area (Å²) in [6.45, 7) is 5.83. The normalized spacial score (nSPS) is 14.5. The van der Waals surface area contributed by atoms with Crippen molar-refractivity contribution < 1.29 is 9.59 Å². The molecule has 100 valence electrons. The molecule has 0 rings (SSSR count). The Balaban J connectivity index is 4.25. The summed E-state index contributed by atoms with van der Waals surface area (Å²) in [5.41, 5.74) is 11.1. The third kappa shape index (κ3) is 6.38. The maximum absolute atomic E-state index is 11.7. The van der Waals surface area contributed by atoms with Gasteiger partial charge >= 0.3 is 0 Å². The van der Waals surface area contributed by atoms with Crippen LogP contribution in [0.25, 0.3) is 0 Å². The maximum Gasteiger partial charge on any atom is 0.237 e. The van der Waals surface area contributed by atoms with E-state index in [9.17, 15) is 9.59 Å². The molecule has 0 radical (unpaired) electrons. The number of nitrogens with two attached hydrogens (primary N) is 2. The molecular weight excluding hydrogens is 218 g/mol. The number of amides is 1. The van der Waals surface area contributed by atoms with Gasteiger partial charge in [-0.25, -0.2) is 0 Å². The Labute approximate surface area is 103 Å². The van der Waals surface area contributed by atoms with Crippen molar-refractivity contribution in [1.82, 2.24) is 5.32 Å². The summed E-state index contributed by atoms with van der Waals surface area (Å²) in [5, 5.41) is 2.70. The van der Waals surface area contributed by atoms with Crippen molar-refractivity contribution in [3.8, 4) is 0 Å². The van der Waals surface area contributed by atoms with E-state index in [1.54, 1.807) is 0 Å². The van der Waals surface area contributed by atoms with Crippen LogP contribution in [-0.4, -0.2) is 30.3 Å². The van der Waals surface area contributed by atoms with E-state index >= 15 is 0 Å². The molecule has 0 aliphatic carbocycles. The van der Waals surface area contributed by atoms with E-state index in [0.29, 0.717) is 13.0 Å². The van der Waals surface area contributed by atoms with Crippen LogP contribution in [0, 0.1) is 5.92 Å². The highest BCUT2D eigenvalue weighted by Crippen LogP contribution is 2.04. The largest absolute Gasteiger partial charge is 0.345 e. The number of hydrogen-bond acceptors (Lipinski definition) is 4. The Morgan fingerprint density at radius 3 is 2.24 bits per heavy atom. The lowest BCUT2D eigenvalue weighted by Gasteiger charge is -2.20. The highest BCUT2D eigenvalue weighted by Gasteiger charge is 2.22. The number of unbranched alkanes of at least 4 members (excludes halogenated alkanes) is 1. The first-order valence-corrected chi connectivity index (χ1v) is 6.16. The summed E-state index contributed by atoms with van der Waals surface area (Å²) in [7, 11) is 0. The summed E-state index contributed by atoms with van der Waals surface area (Å²) in [4.78, 5) is 23.1. The number of nitrogens with one attached hydrogen (secondary N) is 1. The second kappa shape index (κ2) is 8.20. The molecule has 0 aromatic rings. The van der Waals surface area contributed by atoms with Crippen LogP contribution in [0.5, 0.6) is 0 Å². The van der Waals surface area contributed by atoms with Crippen LogP contribution in [-0.2, 0) is 9.59 Å². The van der Waals surface area contributed by atoms with E-state index in [4.69, 9.17) is 11.5 Å². The minimum absolute atomic E-state index is 0.0358. The van der Waals surface area contributed by atoms with Gasteiger partial charge in [0.05, 0.1) is 12.1 Å². The lowest BCUT2D eigenvalue weighted by molar-refractivity contribution is -0.128. The van der Waals surface area contributed by atoms with Gasteiger partial charge in [0.25, 0.3) is 0 Å². The number of rotatable bonds is 8. The van der Waals surface area contributed by atoms with E-state index in [1.807, 2.05) is 13.8 Å². The first-order chi connectivity index (χ1) is 7.90. The quantitative estimate of drug-likeness (QED) is 0.529. The molecule has 0 aromatic heterocycles. The zero-order chi connectivity index (χ0) is 13.4. The van der Waals surface area contributed by atoms with Crippen molar-refractivity contribution >= 4 is 11.7 Å². The van der Waals surface area contributed by atoms with E-state index in [-0.39, 0.29) is 17.6 Å². The zero-order valence-electron chi connectivity index (χ0n) is 11.0. The minimum Gasteiger partial charge on any atom is -0.345 e. The fourth-order valence-electron chi connectivity index (χ4n) is 1.44. The molecule has 0 saturated heterocycles. The molecule has 17 heavy (non-hydrogen) atoms. The second-order valence-corrected chi connectivity index (χ2v) is 4.73. The van der Waals surface area contributed by atoms with Crippen molar-refractivity contribution in [3.05, 3.63) is 0 Å². The smallest absolute Gasteiger partial charge is 0.237 e. The first kappa shape index (κ1) is 16.1. The van der Waals surface area contributed by atoms with Crippen molar-refractivity contribution in [1.29, 1.82) is 0 Å². The van der Waals surface area contributed by atoms with Crippen molar-refractivity contribution in [2.24, 2.45) is 17.4 Å². The number of carbonyl (C=O) groups is 2. The van der Waals surface area contributed by atoms with Crippen LogP contribution < -0.4 is 16.8 Å². The summed E-state index contributed by atoms with van der Waals surface area (Å²) < 4.78 is 0. The minimum atomic E-state index is -0.564. The maximum atomic E-state index is 11.7. The van der Waals surface area contributed by atoms with Gasteiger partial charge in [-0.05, 0) is 38.6 Å². The summed E-state index contributed by atoms with van der Waals surface area (Å²) in [6, 6.07) is -0.995. The average molecular weight is 243 g/mol. The molecule has 5 nitrogen and oxygen atoms in total. The molecule has 0 aliphatic rings. The van der Waals surface area contributed by atoms with E-state index in [0.717, 1.165) is 12.8 Å². The van der Waals surface area contributed by atoms with Crippen molar-refractivity contribution in [2.45, 2.75) is 52.1 Å². The van der Waals surface area contributed by atoms with Crippen LogP contribution in [0.4, 0.5) is 0 Å². The van der Waals surface area contributed by atoms with Gasteiger partial charge in [-0.3, -0.25) is 9.59 Å². The molecule has 0 spiro atoms. The molecule has 0 bridgehead atoms. The molecule has 0 heterocycles. The molecule has 5 heteroatoms. The fourth-order valence-corrected chi connectivity index (χ4v) is 1.44. The molecule has 2 atom stereocenters. The number of hydrogen-bond donors (Lipinski definition) is 3. The zero-order valence-corrected chi connectivity index (χ0v) is 11.0. The van der Waals surface area contributed by atoms with Crippen molar-refractivity contribution in [2.75, 3.05) is 6.54 Å². The second-order valence-electron chi connectivity index (χ2n) is 4.73. The highest BCUT2D eigenvalue weighted by atomic mass is 16.2. The number of carbonyl (C=O) groups excluding carboxylic acids is 2. The standard InChI is InChI=1S/C12H25N3O2/c1-8(2)11(14)12(17)15-10(9(3)16)6-4-5-7-13/h8,10-11H,4-7,13-14H2,1-3H3,(H,15,17)/t10-,11-/m0/s1. The lowest BCUT2D eigenvalue weighted by atomic mass is 10.0. The Morgan fingerprint density at radius 2 is 1.82 bits per heavy atom. The number of ketones is 1. The van der Waals surface area contributed by atoms with Gasteiger partial charge in [-0.2, -0.15) is 0 Å². The highest BCUT2D eigenvalue weighted by molar-refractivity contribution is 5.89. The van der Waals surface area contributed by atoms with Crippen molar-refractivity contribution in [3.63, 3.8) is 0 Å². The van der Waals surface area contributed by atoms with Gasteiger partial charge in [-0.1, -0.05) is 13.8 Å². The fraction of sp³-hybridized carbons (Fsp3) is 0.833.